The predicted octanol–water partition coefficient (Wildman–Crippen LogP) is 1.56. The number of hydrogen-bond acceptors (Lipinski definition) is 1. The van der Waals surface area contributed by atoms with Crippen LogP contribution in [0.4, 0.5) is 0 Å². The molecule has 56 valence electrons. The van der Waals surface area contributed by atoms with Crippen LogP contribution in [-0.4, -0.2) is 17.5 Å². The average molecular weight is 145 g/mol. The summed E-state index contributed by atoms with van der Waals surface area (Å²) in [7, 11) is 0. The highest BCUT2D eigenvalue weighted by atomic mass is 15.1. The summed E-state index contributed by atoms with van der Waals surface area (Å²) in [6.45, 7) is 4.46. The van der Waals surface area contributed by atoms with Crippen molar-refractivity contribution in [2.75, 3.05) is 6.54 Å². The Hall–Kier alpha value is -1.42. The van der Waals surface area contributed by atoms with Crippen LogP contribution in [0.15, 0.2) is 37.1 Å². The van der Waals surface area contributed by atoms with Crippen LogP contribution in [0.25, 0.3) is 0 Å². The summed E-state index contributed by atoms with van der Waals surface area (Å²) in [5, 5.41) is 0. The van der Waals surface area contributed by atoms with Gasteiger partial charge in [-0.25, -0.2) is 0 Å². The van der Waals surface area contributed by atoms with Crippen LogP contribution in [0.5, 0.6) is 0 Å². The fraction of sp³-hybridized carbons (Fsp3) is 0.200. The van der Waals surface area contributed by atoms with Gasteiger partial charge in [-0.05, 0) is 12.2 Å². The number of rotatable bonds is 2. The molecule has 1 heteroatoms. The van der Waals surface area contributed by atoms with Crippen LogP contribution in [-0.2, 0) is 0 Å². The van der Waals surface area contributed by atoms with E-state index in [0.717, 1.165) is 6.54 Å². The Balaban J connectivity index is 2.64. The summed E-state index contributed by atoms with van der Waals surface area (Å²) >= 11 is 0. The highest BCUT2D eigenvalue weighted by molar-refractivity contribution is 5.22. The molecular formula is C10H11N. The highest BCUT2D eigenvalue weighted by Crippen LogP contribution is 2.06. The quantitative estimate of drug-likeness (QED) is 0.421. The molecule has 0 bridgehead atoms. The van der Waals surface area contributed by atoms with E-state index < -0.39 is 0 Å². The largest absolute Gasteiger partial charge is 0.357 e. The maximum absolute atomic E-state index is 5.31. The SMILES string of the molecule is C#CC1C=CC=CN1CC=C. The molecule has 0 saturated carbocycles. The molecule has 0 N–H and O–H groups in total. The first kappa shape index (κ1) is 7.68. The van der Waals surface area contributed by atoms with Crippen LogP contribution in [0, 0.1) is 12.3 Å². The van der Waals surface area contributed by atoms with Crippen molar-refractivity contribution in [3.8, 4) is 12.3 Å². The Morgan fingerprint density at radius 1 is 1.64 bits per heavy atom. The van der Waals surface area contributed by atoms with Crippen molar-refractivity contribution in [2.45, 2.75) is 6.04 Å². The minimum Gasteiger partial charge on any atom is -0.357 e. The number of terminal acetylenes is 1. The third-order valence-electron chi connectivity index (χ3n) is 1.55. The minimum atomic E-state index is 0.0954. The zero-order valence-electron chi connectivity index (χ0n) is 6.40. The third kappa shape index (κ3) is 1.75. The average Bonchev–Trinajstić information content (AvgIpc) is 2.06. The Labute approximate surface area is 67.7 Å². The highest BCUT2D eigenvalue weighted by Gasteiger charge is 2.08. The predicted molar refractivity (Wildman–Crippen MR) is 47.8 cm³/mol. The van der Waals surface area contributed by atoms with E-state index in [1.165, 1.54) is 0 Å². The summed E-state index contributed by atoms with van der Waals surface area (Å²) in [6.07, 6.45) is 15.1. The molecule has 0 radical (unpaired) electrons. The second-order valence-electron chi connectivity index (χ2n) is 2.32. The molecule has 1 heterocycles. The first-order chi connectivity index (χ1) is 5.38. The van der Waals surface area contributed by atoms with Gasteiger partial charge in [0, 0.05) is 12.7 Å². The van der Waals surface area contributed by atoms with Gasteiger partial charge in [0.15, 0.2) is 0 Å². The van der Waals surface area contributed by atoms with Gasteiger partial charge in [0.1, 0.15) is 6.04 Å². The molecule has 0 aromatic heterocycles. The lowest BCUT2D eigenvalue weighted by Gasteiger charge is -2.24. The van der Waals surface area contributed by atoms with Crippen molar-refractivity contribution < 1.29 is 0 Å². The van der Waals surface area contributed by atoms with Gasteiger partial charge in [-0.2, -0.15) is 0 Å². The summed E-state index contributed by atoms with van der Waals surface area (Å²) < 4.78 is 0. The number of hydrogen-bond donors (Lipinski definition) is 0. The molecule has 1 atom stereocenters. The molecule has 0 amide bonds. The van der Waals surface area contributed by atoms with Crippen molar-refractivity contribution in [1.82, 2.24) is 4.90 Å². The molecule has 0 saturated heterocycles. The lowest BCUT2D eigenvalue weighted by atomic mass is 10.2. The van der Waals surface area contributed by atoms with Crippen LogP contribution >= 0.6 is 0 Å². The maximum Gasteiger partial charge on any atom is 0.109 e. The van der Waals surface area contributed by atoms with E-state index >= 15 is 0 Å². The van der Waals surface area contributed by atoms with Gasteiger partial charge in [-0.15, -0.1) is 13.0 Å². The normalized spacial score (nSPS) is 21.4. The third-order valence-corrected chi connectivity index (χ3v) is 1.55. The fourth-order valence-electron chi connectivity index (χ4n) is 1.01. The van der Waals surface area contributed by atoms with Gasteiger partial charge >= 0.3 is 0 Å². The molecule has 0 aromatic rings. The van der Waals surface area contributed by atoms with Crippen LogP contribution in [0.3, 0.4) is 0 Å². The zero-order chi connectivity index (χ0) is 8.10. The minimum absolute atomic E-state index is 0.0954. The first-order valence-corrected chi connectivity index (χ1v) is 3.56. The molecule has 0 aromatic carbocycles. The van der Waals surface area contributed by atoms with Crippen molar-refractivity contribution in [3.05, 3.63) is 37.1 Å². The van der Waals surface area contributed by atoms with E-state index in [2.05, 4.69) is 12.5 Å². The van der Waals surface area contributed by atoms with Gasteiger partial charge in [0.2, 0.25) is 0 Å². The Bertz CT molecular complexity index is 230. The summed E-state index contributed by atoms with van der Waals surface area (Å²) in [6, 6.07) is 0.0954. The van der Waals surface area contributed by atoms with Crippen LogP contribution in [0.2, 0.25) is 0 Å². The smallest absolute Gasteiger partial charge is 0.109 e. The number of allylic oxidation sites excluding steroid dienone is 2. The van der Waals surface area contributed by atoms with Crippen LogP contribution < -0.4 is 0 Å². The molecule has 1 aliphatic rings. The molecule has 0 spiro atoms. The van der Waals surface area contributed by atoms with E-state index in [0.29, 0.717) is 0 Å². The second-order valence-corrected chi connectivity index (χ2v) is 2.32. The Kier molecular flexibility index (Phi) is 2.57. The van der Waals surface area contributed by atoms with Gasteiger partial charge in [0.05, 0.1) is 0 Å². The van der Waals surface area contributed by atoms with E-state index in [1.54, 1.807) is 0 Å². The summed E-state index contributed by atoms with van der Waals surface area (Å²) in [4.78, 5) is 2.05. The first-order valence-electron chi connectivity index (χ1n) is 3.56. The topological polar surface area (TPSA) is 3.24 Å². The molecule has 0 fully saturated rings. The standard InChI is InChI=1S/C10H11N/c1-3-8-11-9-6-5-7-10(11)4-2/h2-3,5-7,9-10H,1,8H2. The van der Waals surface area contributed by atoms with E-state index in [1.807, 2.05) is 35.4 Å². The van der Waals surface area contributed by atoms with Crippen molar-refractivity contribution in [1.29, 1.82) is 0 Å². The van der Waals surface area contributed by atoms with Gasteiger partial charge in [0.25, 0.3) is 0 Å². The molecule has 1 rings (SSSR count). The summed E-state index contributed by atoms with van der Waals surface area (Å²) in [5.74, 6) is 2.68. The van der Waals surface area contributed by atoms with E-state index in [4.69, 9.17) is 6.42 Å². The number of nitrogens with zero attached hydrogens (tertiary/aromatic N) is 1. The van der Waals surface area contributed by atoms with Gasteiger partial charge in [-0.3, -0.25) is 0 Å². The molecule has 1 unspecified atom stereocenters. The summed E-state index contributed by atoms with van der Waals surface area (Å²) in [5.41, 5.74) is 0. The fourth-order valence-corrected chi connectivity index (χ4v) is 1.01. The zero-order valence-corrected chi connectivity index (χ0v) is 6.40. The van der Waals surface area contributed by atoms with Crippen LogP contribution in [0.1, 0.15) is 0 Å². The Morgan fingerprint density at radius 3 is 3.09 bits per heavy atom. The van der Waals surface area contributed by atoms with Gasteiger partial charge < -0.3 is 4.90 Å². The van der Waals surface area contributed by atoms with Gasteiger partial charge in [-0.1, -0.05) is 18.1 Å². The second kappa shape index (κ2) is 3.68. The van der Waals surface area contributed by atoms with E-state index in [9.17, 15) is 0 Å². The van der Waals surface area contributed by atoms with Crippen molar-refractivity contribution >= 4 is 0 Å². The molecule has 1 aliphatic heterocycles. The maximum atomic E-state index is 5.31. The van der Waals surface area contributed by atoms with Crippen molar-refractivity contribution in [2.24, 2.45) is 0 Å². The molecule has 11 heavy (non-hydrogen) atoms. The lowest BCUT2D eigenvalue weighted by molar-refractivity contribution is 0.403. The molecular weight excluding hydrogens is 134 g/mol. The van der Waals surface area contributed by atoms with Crippen molar-refractivity contribution in [3.63, 3.8) is 0 Å². The molecule has 0 aliphatic carbocycles. The monoisotopic (exact) mass is 145 g/mol. The Morgan fingerprint density at radius 2 is 2.45 bits per heavy atom. The molecule has 1 nitrogen and oxygen atoms in total. The lowest BCUT2D eigenvalue weighted by Crippen LogP contribution is -2.29. The van der Waals surface area contributed by atoms with E-state index in [-0.39, 0.29) is 6.04 Å².